The molecular formula is C26H38O3. The van der Waals surface area contributed by atoms with Crippen LogP contribution in [0.3, 0.4) is 0 Å². The topological polar surface area (TPSA) is 35.5 Å². The van der Waals surface area contributed by atoms with Gasteiger partial charge in [0, 0.05) is 27.1 Å². The maximum atomic E-state index is 10.1. The van der Waals surface area contributed by atoms with Crippen LogP contribution in [0.2, 0.25) is 0 Å². The van der Waals surface area contributed by atoms with Crippen LogP contribution < -0.4 is 0 Å². The number of carbonyl (C=O) groups excluding carboxylic acids is 1. The molecule has 0 aliphatic heterocycles. The van der Waals surface area contributed by atoms with E-state index in [1.54, 1.807) is 14.2 Å². The lowest BCUT2D eigenvalue weighted by atomic mass is 10.0. The fourth-order valence-electron chi connectivity index (χ4n) is 3.16. The number of methoxy groups -OCH3 is 2. The van der Waals surface area contributed by atoms with Gasteiger partial charge in [0.1, 0.15) is 6.29 Å². The molecule has 0 aromatic heterocycles. The smallest absolute Gasteiger partial charge is 0.157 e. The number of aryl methyl sites for hydroxylation is 4. The van der Waals surface area contributed by atoms with Gasteiger partial charge in [-0.1, -0.05) is 75.2 Å². The van der Waals surface area contributed by atoms with Gasteiger partial charge in [-0.2, -0.15) is 0 Å². The van der Waals surface area contributed by atoms with E-state index in [-0.39, 0.29) is 6.29 Å². The van der Waals surface area contributed by atoms with Crippen molar-refractivity contribution in [1.29, 1.82) is 0 Å². The molecule has 0 aliphatic rings. The number of rotatable bonds is 12. The highest BCUT2D eigenvalue weighted by molar-refractivity contribution is 5.50. The van der Waals surface area contributed by atoms with Gasteiger partial charge in [0.15, 0.2) is 6.29 Å². The summed E-state index contributed by atoms with van der Waals surface area (Å²) in [6.07, 6.45) is 8.99. The van der Waals surface area contributed by atoms with Crippen LogP contribution >= 0.6 is 0 Å². The van der Waals surface area contributed by atoms with E-state index in [1.807, 2.05) is 0 Å². The lowest BCUT2D eigenvalue weighted by molar-refractivity contribution is -0.107. The third-order valence-electron chi connectivity index (χ3n) is 4.87. The normalized spacial score (nSPS) is 10.5. The molecule has 2 rings (SSSR count). The minimum atomic E-state index is -0.0877. The maximum absolute atomic E-state index is 10.1. The molecule has 160 valence electrons. The average molecular weight is 399 g/mol. The van der Waals surface area contributed by atoms with Gasteiger partial charge >= 0.3 is 0 Å². The van der Waals surface area contributed by atoms with Crippen LogP contribution in [0.25, 0.3) is 0 Å². The Bertz CT molecular complexity index is 643. The second-order valence-corrected chi connectivity index (χ2v) is 7.28. The van der Waals surface area contributed by atoms with Crippen LogP contribution in [0.4, 0.5) is 0 Å². The lowest BCUT2D eigenvalue weighted by Crippen LogP contribution is -2.13. The molecule has 0 heterocycles. The van der Waals surface area contributed by atoms with Gasteiger partial charge in [0.2, 0.25) is 0 Å². The fraction of sp³-hybridized carbons (Fsp3) is 0.500. The minimum absolute atomic E-state index is 0.0877. The molecule has 2 aromatic carbocycles. The van der Waals surface area contributed by atoms with E-state index < -0.39 is 0 Å². The molecule has 0 fully saturated rings. The molecule has 3 nitrogen and oxygen atoms in total. The summed E-state index contributed by atoms with van der Waals surface area (Å²) in [5.74, 6) is 0. The Morgan fingerprint density at radius 3 is 1.41 bits per heavy atom. The first kappa shape index (κ1) is 25.1. The van der Waals surface area contributed by atoms with Crippen molar-refractivity contribution in [3.63, 3.8) is 0 Å². The van der Waals surface area contributed by atoms with Gasteiger partial charge in [-0.15, -0.1) is 0 Å². The van der Waals surface area contributed by atoms with Crippen molar-refractivity contribution in [1.82, 2.24) is 0 Å². The highest BCUT2D eigenvalue weighted by atomic mass is 16.7. The summed E-state index contributed by atoms with van der Waals surface area (Å²) in [5.41, 5.74) is 5.41. The largest absolute Gasteiger partial charge is 0.356 e. The highest BCUT2D eigenvalue weighted by Gasteiger charge is 2.05. The number of aldehydes is 1. The molecule has 0 aliphatic carbocycles. The molecule has 0 unspecified atom stereocenters. The molecule has 0 spiro atoms. The summed E-state index contributed by atoms with van der Waals surface area (Å²) >= 11 is 0. The molecule has 0 bridgehead atoms. The predicted octanol–water partition coefficient (Wildman–Crippen LogP) is 5.96. The van der Waals surface area contributed by atoms with Gasteiger partial charge in [0.25, 0.3) is 0 Å². The molecule has 3 heteroatoms. The Labute approximate surface area is 177 Å². The van der Waals surface area contributed by atoms with Crippen LogP contribution in [0, 0.1) is 0 Å². The molecule has 0 amide bonds. The quantitative estimate of drug-likeness (QED) is 0.327. The number of ether oxygens (including phenoxy) is 2. The van der Waals surface area contributed by atoms with Crippen LogP contribution in [-0.2, 0) is 40.0 Å². The van der Waals surface area contributed by atoms with Crippen LogP contribution in [-0.4, -0.2) is 26.8 Å². The fourth-order valence-corrected chi connectivity index (χ4v) is 3.16. The van der Waals surface area contributed by atoms with Crippen molar-refractivity contribution in [2.24, 2.45) is 0 Å². The van der Waals surface area contributed by atoms with Crippen LogP contribution in [0.1, 0.15) is 61.8 Å². The van der Waals surface area contributed by atoms with Crippen LogP contribution in [0.15, 0.2) is 48.5 Å². The Kier molecular flexibility index (Phi) is 13.7. The summed E-state index contributed by atoms with van der Waals surface area (Å²) < 4.78 is 10.3. The molecular weight excluding hydrogens is 360 g/mol. The summed E-state index contributed by atoms with van der Waals surface area (Å²) in [7, 11) is 3.36. The standard InChI is InChI=1S/C14H22O2.C12H16O/c1-4-5-12-6-8-13(9-7-12)10-11-14(15-2)16-3;1-2-4-11-6-8-12(9-7-11)5-3-10-13/h6-9,14H,4-5,10-11H2,1-3H3;6-10H,2-5H2,1H3. The summed E-state index contributed by atoms with van der Waals surface area (Å²) in [6, 6.07) is 17.4. The van der Waals surface area contributed by atoms with Crippen molar-refractivity contribution in [3.05, 3.63) is 70.8 Å². The van der Waals surface area contributed by atoms with E-state index >= 15 is 0 Å². The van der Waals surface area contributed by atoms with Gasteiger partial charge in [-0.3, -0.25) is 0 Å². The number of hydrogen-bond donors (Lipinski definition) is 0. The van der Waals surface area contributed by atoms with Crippen molar-refractivity contribution in [2.45, 2.75) is 71.5 Å². The van der Waals surface area contributed by atoms with Crippen LogP contribution in [0.5, 0.6) is 0 Å². The second kappa shape index (κ2) is 15.9. The van der Waals surface area contributed by atoms with Crippen molar-refractivity contribution < 1.29 is 14.3 Å². The van der Waals surface area contributed by atoms with Crippen molar-refractivity contribution >= 4 is 6.29 Å². The van der Waals surface area contributed by atoms with Gasteiger partial charge in [-0.25, -0.2) is 0 Å². The molecule has 29 heavy (non-hydrogen) atoms. The summed E-state index contributed by atoms with van der Waals surface area (Å²) in [5, 5.41) is 0. The third-order valence-corrected chi connectivity index (χ3v) is 4.87. The third kappa shape index (κ3) is 11.0. The van der Waals surface area contributed by atoms with Gasteiger partial charge in [-0.05, 0) is 47.9 Å². The predicted molar refractivity (Wildman–Crippen MR) is 121 cm³/mol. The van der Waals surface area contributed by atoms with Crippen molar-refractivity contribution in [2.75, 3.05) is 14.2 Å². The zero-order chi connectivity index (χ0) is 21.3. The minimum Gasteiger partial charge on any atom is -0.356 e. The highest BCUT2D eigenvalue weighted by Crippen LogP contribution is 2.11. The Hall–Kier alpha value is -1.97. The van der Waals surface area contributed by atoms with E-state index in [9.17, 15) is 4.79 Å². The van der Waals surface area contributed by atoms with E-state index in [0.29, 0.717) is 6.42 Å². The Balaban J connectivity index is 0.000000296. The summed E-state index contributed by atoms with van der Waals surface area (Å²) in [6.45, 7) is 4.38. The number of benzene rings is 2. The van der Waals surface area contributed by atoms with E-state index in [1.165, 1.54) is 41.5 Å². The Morgan fingerprint density at radius 1 is 0.690 bits per heavy atom. The molecule has 0 N–H and O–H groups in total. The number of hydrogen-bond acceptors (Lipinski definition) is 3. The van der Waals surface area contributed by atoms with E-state index in [0.717, 1.165) is 32.0 Å². The maximum Gasteiger partial charge on any atom is 0.157 e. The average Bonchev–Trinajstić information content (AvgIpc) is 2.76. The zero-order valence-corrected chi connectivity index (χ0v) is 18.7. The first-order valence-electron chi connectivity index (χ1n) is 10.8. The van der Waals surface area contributed by atoms with E-state index in [4.69, 9.17) is 9.47 Å². The molecule has 0 atom stereocenters. The number of carbonyl (C=O) groups is 1. The van der Waals surface area contributed by atoms with E-state index in [2.05, 4.69) is 62.4 Å². The van der Waals surface area contributed by atoms with Crippen molar-refractivity contribution in [3.8, 4) is 0 Å². The first-order valence-corrected chi connectivity index (χ1v) is 10.8. The second-order valence-electron chi connectivity index (χ2n) is 7.28. The SMILES string of the molecule is CCCc1ccc(CCC(OC)OC)cc1.CCCc1ccc(CCC=O)cc1. The molecule has 0 saturated carbocycles. The van der Waals surface area contributed by atoms with Gasteiger partial charge in [0.05, 0.1) is 0 Å². The molecule has 2 aromatic rings. The Morgan fingerprint density at radius 2 is 1.07 bits per heavy atom. The summed E-state index contributed by atoms with van der Waals surface area (Å²) in [4.78, 5) is 10.1. The zero-order valence-electron chi connectivity index (χ0n) is 18.7. The first-order chi connectivity index (χ1) is 14.2. The molecule has 0 radical (unpaired) electrons. The molecule has 0 saturated heterocycles. The monoisotopic (exact) mass is 398 g/mol. The lowest BCUT2D eigenvalue weighted by Gasteiger charge is -2.12. The van der Waals surface area contributed by atoms with Gasteiger partial charge < -0.3 is 14.3 Å².